The van der Waals surface area contributed by atoms with E-state index < -0.39 is 35.4 Å². The Labute approximate surface area is 234 Å². The van der Waals surface area contributed by atoms with Crippen molar-refractivity contribution >= 4 is 29.3 Å². The number of unbranched alkanes of at least 4 members (excludes halogenated alkanes) is 1. The fourth-order valence-corrected chi connectivity index (χ4v) is 7.04. The lowest BCUT2D eigenvalue weighted by Crippen LogP contribution is -2.55. The summed E-state index contributed by atoms with van der Waals surface area (Å²) in [5.74, 6) is -0.502. The Balaban J connectivity index is 1.31. The molecule has 4 fully saturated rings. The van der Waals surface area contributed by atoms with Gasteiger partial charge in [0.05, 0.1) is 5.69 Å². The molecule has 0 aliphatic heterocycles. The minimum Gasteiger partial charge on any atom is -0.443 e. The molecule has 0 aromatic heterocycles. The van der Waals surface area contributed by atoms with E-state index in [1.807, 2.05) is 6.92 Å². The summed E-state index contributed by atoms with van der Waals surface area (Å²) >= 11 is 0. The molecule has 1 atom stereocenters. The topological polar surface area (TPSA) is 120 Å². The second-order valence-corrected chi connectivity index (χ2v) is 11.8. The van der Waals surface area contributed by atoms with Crippen LogP contribution in [0.5, 0.6) is 5.75 Å². The number of nitrogen functional groups attached to an aromatic ring is 1. The SMILES string of the molecule is CCCCC(=O)Oc1c(F)cccc1NC(=O)[C@H](Cc1ccc(N)cc1)NC(=O)OC12CC3CC(CC(C3)C1)C2. The van der Waals surface area contributed by atoms with Crippen LogP contribution in [0.25, 0.3) is 0 Å². The lowest BCUT2D eigenvalue weighted by atomic mass is 9.54. The van der Waals surface area contributed by atoms with E-state index in [0.717, 1.165) is 37.3 Å². The Morgan fingerprint density at radius 1 is 1.02 bits per heavy atom. The highest BCUT2D eigenvalue weighted by atomic mass is 19.1. The Kier molecular flexibility index (Phi) is 8.28. The van der Waals surface area contributed by atoms with Crippen LogP contribution in [0.15, 0.2) is 42.5 Å². The number of hydrogen-bond donors (Lipinski definition) is 3. The molecule has 4 aliphatic rings. The number of para-hydroxylation sites is 1. The van der Waals surface area contributed by atoms with Crippen molar-refractivity contribution in [2.24, 2.45) is 17.8 Å². The smallest absolute Gasteiger partial charge is 0.408 e. The molecule has 40 heavy (non-hydrogen) atoms. The van der Waals surface area contributed by atoms with Gasteiger partial charge in [-0.2, -0.15) is 0 Å². The minimum absolute atomic E-state index is 0.00778. The second-order valence-electron chi connectivity index (χ2n) is 11.8. The molecule has 214 valence electrons. The lowest BCUT2D eigenvalue weighted by Gasteiger charge is -2.55. The summed E-state index contributed by atoms with van der Waals surface area (Å²) in [6.45, 7) is 1.93. The van der Waals surface area contributed by atoms with Crippen molar-refractivity contribution in [2.75, 3.05) is 11.1 Å². The highest BCUT2D eigenvalue weighted by molar-refractivity contribution is 5.98. The van der Waals surface area contributed by atoms with E-state index in [4.69, 9.17) is 15.2 Å². The van der Waals surface area contributed by atoms with Crippen LogP contribution in [0.4, 0.5) is 20.6 Å². The van der Waals surface area contributed by atoms with Gasteiger partial charge in [0.1, 0.15) is 11.6 Å². The molecule has 9 heteroatoms. The summed E-state index contributed by atoms with van der Waals surface area (Å²) in [5, 5.41) is 5.43. The van der Waals surface area contributed by atoms with E-state index in [2.05, 4.69) is 10.6 Å². The van der Waals surface area contributed by atoms with Crippen LogP contribution in [0, 0.1) is 23.6 Å². The number of hydrogen-bond acceptors (Lipinski definition) is 6. The molecule has 4 aliphatic carbocycles. The monoisotopic (exact) mass is 551 g/mol. The summed E-state index contributed by atoms with van der Waals surface area (Å²) in [6, 6.07) is 10.0. The van der Waals surface area contributed by atoms with Crippen LogP contribution < -0.4 is 21.1 Å². The Bertz CT molecular complexity index is 1210. The van der Waals surface area contributed by atoms with E-state index >= 15 is 0 Å². The van der Waals surface area contributed by atoms with Crippen molar-refractivity contribution in [1.82, 2.24) is 5.32 Å². The van der Waals surface area contributed by atoms with Gasteiger partial charge in [-0.3, -0.25) is 9.59 Å². The van der Waals surface area contributed by atoms with Crippen LogP contribution in [0.2, 0.25) is 0 Å². The molecule has 2 amide bonds. The van der Waals surface area contributed by atoms with E-state index in [9.17, 15) is 18.8 Å². The largest absolute Gasteiger partial charge is 0.443 e. The maximum Gasteiger partial charge on any atom is 0.408 e. The second kappa shape index (κ2) is 11.9. The van der Waals surface area contributed by atoms with E-state index in [0.29, 0.717) is 29.9 Å². The summed E-state index contributed by atoms with van der Waals surface area (Å²) in [7, 11) is 0. The Hall–Kier alpha value is -3.62. The summed E-state index contributed by atoms with van der Waals surface area (Å²) in [5.41, 5.74) is 6.71. The molecular formula is C31H38FN3O5. The first-order valence-electron chi connectivity index (χ1n) is 14.4. The van der Waals surface area contributed by atoms with Gasteiger partial charge in [0, 0.05) is 18.5 Å². The number of carbonyl (C=O) groups excluding carboxylic acids is 3. The van der Waals surface area contributed by atoms with Crippen molar-refractivity contribution in [3.8, 4) is 5.75 Å². The molecular weight excluding hydrogens is 513 g/mol. The van der Waals surface area contributed by atoms with Crippen LogP contribution in [-0.2, 0) is 20.7 Å². The van der Waals surface area contributed by atoms with E-state index in [-0.39, 0.29) is 24.3 Å². The number of amides is 2. The molecule has 0 spiro atoms. The molecule has 0 radical (unpaired) electrons. The van der Waals surface area contributed by atoms with Crippen molar-refractivity contribution in [3.63, 3.8) is 0 Å². The van der Waals surface area contributed by atoms with Crippen LogP contribution in [-0.4, -0.2) is 29.6 Å². The number of halogens is 1. The highest BCUT2D eigenvalue weighted by Crippen LogP contribution is 2.57. The normalized spacial score (nSPS) is 25.2. The number of ether oxygens (including phenoxy) is 2. The third-order valence-electron chi connectivity index (χ3n) is 8.49. The first-order chi connectivity index (χ1) is 19.2. The maximum atomic E-state index is 14.7. The zero-order chi connectivity index (χ0) is 28.3. The van der Waals surface area contributed by atoms with Gasteiger partial charge >= 0.3 is 12.1 Å². The predicted octanol–water partition coefficient (Wildman–Crippen LogP) is 5.75. The average Bonchev–Trinajstić information content (AvgIpc) is 2.89. The summed E-state index contributed by atoms with van der Waals surface area (Å²) < 4.78 is 26.0. The van der Waals surface area contributed by atoms with Gasteiger partial charge in [0.2, 0.25) is 5.91 Å². The van der Waals surface area contributed by atoms with E-state index in [1.165, 1.54) is 31.4 Å². The number of rotatable bonds is 10. The molecule has 4 bridgehead atoms. The van der Waals surface area contributed by atoms with Gasteiger partial charge in [-0.05, 0) is 92.5 Å². The quantitative estimate of drug-likeness (QED) is 0.197. The molecule has 0 saturated heterocycles. The number of nitrogens with two attached hydrogens (primary N) is 1. The third-order valence-corrected chi connectivity index (χ3v) is 8.49. The van der Waals surface area contributed by atoms with Gasteiger partial charge in [-0.15, -0.1) is 0 Å². The van der Waals surface area contributed by atoms with Crippen molar-refractivity contribution in [1.29, 1.82) is 0 Å². The molecule has 8 nitrogen and oxygen atoms in total. The van der Waals surface area contributed by atoms with Gasteiger partial charge in [-0.25, -0.2) is 9.18 Å². The lowest BCUT2D eigenvalue weighted by molar-refractivity contribution is -0.134. The van der Waals surface area contributed by atoms with Crippen LogP contribution in [0.3, 0.4) is 0 Å². The molecule has 4 N–H and O–H groups in total. The van der Waals surface area contributed by atoms with Crippen molar-refractivity contribution in [2.45, 2.75) is 82.8 Å². The van der Waals surface area contributed by atoms with Gasteiger partial charge in [-0.1, -0.05) is 31.5 Å². The predicted molar refractivity (Wildman–Crippen MR) is 149 cm³/mol. The van der Waals surface area contributed by atoms with Gasteiger partial charge in [0.25, 0.3) is 0 Å². The minimum atomic E-state index is -1.03. The zero-order valence-corrected chi connectivity index (χ0v) is 22.9. The summed E-state index contributed by atoms with van der Waals surface area (Å²) in [4.78, 5) is 39.0. The van der Waals surface area contributed by atoms with Gasteiger partial charge < -0.3 is 25.8 Å². The molecule has 2 aromatic rings. The molecule has 0 heterocycles. The number of nitrogens with one attached hydrogen (secondary N) is 2. The Morgan fingerprint density at radius 3 is 2.30 bits per heavy atom. The van der Waals surface area contributed by atoms with Crippen LogP contribution >= 0.6 is 0 Å². The number of alkyl carbamates (subject to hydrolysis) is 1. The third kappa shape index (κ3) is 6.57. The number of esters is 1. The van der Waals surface area contributed by atoms with Crippen LogP contribution in [0.1, 0.15) is 70.3 Å². The Morgan fingerprint density at radius 2 is 1.68 bits per heavy atom. The standard InChI is InChI=1S/C31H38FN3O5/c1-2-3-7-27(36)39-28-24(32)5-4-6-25(28)34-29(37)26(15-19-8-10-23(33)11-9-19)35-30(38)40-31-16-20-12-21(17-31)14-22(13-20)18-31/h4-6,8-11,20-22,26H,2-3,7,12-18,33H2,1H3,(H,34,37)(H,35,38)/t20?,21?,22?,26-,31?/m0/s1. The highest BCUT2D eigenvalue weighted by Gasteiger charge is 2.53. The fourth-order valence-electron chi connectivity index (χ4n) is 7.04. The zero-order valence-electron chi connectivity index (χ0n) is 22.9. The van der Waals surface area contributed by atoms with Gasteiger partial charge in [0.15, 0.2) is 11.6 Å². The van der Waals surface area contributed by atoms with Crippen molar-refractivity contribution in [3.05, 3.63) is 53.8 Å². The maximum absolute atomic E-state index is 14.7. The molecule has 6 rings (SSSR count). The first-order valence-corrected chi connectivity index (χ1v) is 14.4. The number of carbonyl (C=O) groups is 3. The summed E-state index contributed by atoms with van der Waals surface area (Å²) in [6.07, 6.45) is 7.30. The molecule has 4 saturated carbocycles. The first kappa shape index (κ1) is 27.9. The van der Waals surface area contributed by atoms with E-state index in [1.54, 1.807) is 24.3 Å². The average molecular weight is 552 g/mol. The number of anilines is 2. The molecule has 2 aromatic carbocycles. The van der Waals surface area contributed by atoms with Crippen molar-refractivity contribution < 1.29 is 28.2 Å². The number of benzene rings is 2. The fraction of sp³-hybridized carbons (Fsp3) is 0.516. The molecule has 0 unspecified atom stereocenters.